The summed E-state index contributed by atoms with van der Waals surface area (Å²) >= 11 is 7.85. The number of rotatable bonds is 3. The molecule has 0 N–H and O–H groups in total. The van der Waals surface area contributed by atoms with Crippen LogP contribution in [0.15, 0.2) is 24.8 Å². The lowest BCUT2D eigenvalue weighted by Crippen LogP contribution is -2.19. The number of nitrogens with zero attached hydrogens (tertiary/aromatic N) is 1. The van der Waals surface area contributed by atoms with Crippen molar-refractivity contribution in [3.05, 3.63) is 45.8 Å². The predicted octanol–water partition coefficient (Wildman–Crippen LogP) is 3.89. The van der Waals surface area contributed by atoms with E-state index in [9.17, 15) is 4.79 Å². The Morgan fingerprint density at radius 3 is 3.10 bits per heavy atom. The molecule has 0 spiro atoms. The Balaban J connectivity index is 2.18. The standard InChI is InChI=1S/C16H16ClNO2S/c1-3-8-20-16(19)15-11-9-18(2)7-6-10-12(17)4-5-13(21-15)14(10)11/h3-5H,1,6-9H2,2H3. The Labute approximate surface area is 132 Å². The summed E-state index contributed by atoms with van der Waals surface area (Å²) in [6.07, 6.45) is 2.48. The average molecular weight is 322 g/mol. The zero-order chi connectivity index (χ0) is 15.0. The molecule has 110 valence electrons. The molecule has 0 radical (unpaired) electrons. The minimum Gasteiger partial charge on any atom is -0.457 e. The maximum Gasteiger partial charge on any atom is 0.348 e. The lowest BCUT2D eigenvalue weighted by molar-refractivity contribution is 0.0553. The fraction of sp³-hybridized carbons (Fsp3) is 0.312. The van der Waals surface area contributed by atoms with Crippen molar-refractivity contribution in [3.63, 3.8) is 0 Å². The van der Waals surface area contributed by atoms with Gasteiger partial charge in [0.05, 0.1) is 0 Å². The van der Waals surface area contributed by atoms with E-state index in [1.54, 1.807) is 6.08 Å². The molecule has 3 rings (SSSR count). The molecule has 0 aliphatic carbocycles. The Hall–Kier alpha value is -1.36. The van der Waals surface area contributed by atoms with Crippen LogP contribution in [-0.2, 0) is 17.7 Å². The van der Waals surface area contributed by atoms with Crippen LogP contribution in [0.5, 0.6) is 0 Å². The highest BCUT2D eigenvalue weighted by Gasteiger charge is 2.25. The van der Waals surface area contributed by atoms with E-state index in [1.807, 2.05) is 12.1 Å². The van der Waals surface area contributed by atoms with Gasteiger partial charge in [-0.3, -0.25) is 0 Å². The second-order valence-electron chi connectivity index (χ2n) is 5.18. The minimum atomic E-state index is -0.275. The fourth-order valence-corrected chi connectivity index (χ4v) is 4.10. The summed E-state index contributed by atoms with van der Waals surface area (Å²) in [4.78, 5) is 15.2. The lowest BCUT2D eigenvalue weighted by atomic mass is 10.0. The largest absolute Gasteiger partial charge is 0.457 e. The predicted molar refractivity (Wildman–Crippen MR) is 87.4 cm³/mol. The number of ether oxygens (including phenoxy) is 1. The molecule has 21 heavy (non-hydrogen) atoms. The van der Waals surface area contributed by atoms with Gasteiger partial charge >= 0.3 is 5.97 Å². The van der Waals surface area contributed by atoms with E-state index in [2.05, 4.69) is 18.5 Å². The molecule has 0 amide bonds. The van der Waals surface area contributed by atoms with Gasteiger partial charge in [-0.1, -0.05) is 24.3 Å². The van der Waals surface area contributed by atoms with Crippen molar-refractivity contribution in [1.29, 1.82) is 0 Å². The molecule has 2 aromatic rings. The van der Waals surface area contributed by atoms with Crippen LogP contribution >= 0.6 is 22.9 Å². The maximum absolute atomic E-state index is 12.3. The summed E-state index contributed by atoms with van der Waals surface area (Å²) in [6.45, 7) is 5.48. The molecule has 0 atom stereocenters. The van der Waals surface area contributed by atoms with E-state index in [-0.39, 0.29) is 12.6 Å². The summed E-state index contributed by atoms with van der Waals surface area (Å²) in [6, 6.07) is 3.91. The van der Waals surface area contributed by atoms with Gasteiger partial charge in [0.2, 0.25) is 0 Å². The lowest BCUT2D eigenvalue weighted by Gasteiger charge is -2.13. The van der Waals surface area contributed by atoms with Gasteiger partial charge in [0, 0.05) is 28.2 Å². The number of thiophene rings is 1. The second-order valence-corrected chi connectivity index (χ2v) is 6.64. The van der Waals surface area contributed by atoms with Gasteiger partial charge in [-0.2, -0.15) is 0 Å². The van der Waals surface area contributed by atoms with Crippen LogP contribution in [0.3, 0.4) is 0 Å². The van der Waals surface area contributed by atoms with Crippen molar-refractivity contribution in [3.8, 4) is 0 Å². The summed E-state index contributed by atoms with van der Waals surface area (Å²) in [5.41, 5.74) is 2.19. The Kier molecular flexibility index (Phi) is 4.02. The van der Waals surface area contributed by atoms with Gasteiger partial charge in [-0.05, 0) is 36.7 Å². The number of esters is 1. The van der Waals surface area contributed by atoms with Crippen LogP contribution in [0.2, 0.25) is 5.02 Å². The monoisotopic (exact) mass is 321 g/mol. The summed E-state index contributed by atoms with van der Waals surface area (Å²) < 4.78 is 6.32. The summed E-state index contributed by atoms with van der Waals surface area (Å²) in [5, 5.41) is 1.92. The normalized spacial score (nSPS) is 15.0. The maximum atomic E-state index is 12.3. The number of hydrogen-bond donors (Lipinski definition) is 0. The molecule has 0 unspecified atom stereocenters. The third kappa shape index (κ3) is 2.59. The first-order valence-electron chi connectivity index (χ1n) is 6.81. The number of halogens is 1. The molecule has 1 aliphatic rings. The molecule has 0 fully saturated rings. The third-order valence-electron chi connectivity index (χ3n) is 3.69. The molecule has 0 bridgehead atoms. The molecule has 1 aliphatic heterocycles. The van der Waals surface area contributed by atoms with E-state index in [0.717, 1.165) is 45.7 Å². The molecule has 5 heteroatoms. The summed E-state index contributed by atoms with van der Waals surface area (Å²) in [5.74, 6) is -0.275. The molecule has 2 heterocycles. The molecule has 0 saturated carbocycles. The SMILES string of the molecule is C=CCOC(=O)c1sc2ccc(Cl)c3c2c1CN(C)CC3. The molecular formula is C16H16ClNO2S. The number of carbonyl (C=O) groups is 1. The van der Waals surface area contributed by atoms with Crippen LogP contribution < -0.4 is 0 Å². The fourth-order valence-electron chi connectivity index (χ4n) is 2.71. The highest BCUT2D eigenvalue weighted by atomic mass is 35.5. The van der Waals surface area contributed by atoms with E-state index in [1.165, 1.54) is 11.3 Å². The van der Waals surface area contributed by atoms with Crippen LogP contribution in [0.1, 0.15) is 20.8 Å². The van der Waals surface area contributed by atoms with E-state index >= 15 is 0 Å². The number of carbonyl (C=O) groups excluding carboxylic acids is 1. The quantitative estimate of drug-likeness (QED) is 0.634. The number of benzene rings is 1. The minimum absolute atomic E-state index is 0.232. The van der Waals surface area contributed by atoms with Gasteiger partial charge in [-0.15, -0.1) is 11.3 Å². The van der Waals surface area contributed by atoms with Crippen LogP contribution in [0.25, 0.3) is 10.1 Å². The second kappa shape index (κ2) is 5.79. The van der Waals surface area contributed by atoms with Crippen LogP contribution in [-0.4, -0.2) is 31.1 Å². The first-order chi connectivity index (χ1) is 10.1. The molecular weight excluding hydrogens is 306 g/mol. The van der Waals surface area contributed by atoms with Gasteiger partial charge in [-0.25, -0.2) is 4.79 Å². The third-order valence-corrected chi connectivity index (χ3v) is 5.23. The van der Waals surface area contributed by atoms with Gasteiger partial charge in [0.25, 0.3) is 0 Å². The summed E-state index contributed by atoms with van der Waals surface area (Å²) in [7, 11) is 2.06. The Morgan fingerprint density at radius 1 is 1.52 bits per heavy atom. The van der Waals surface area contributed by atoms with Crippen LogP contribution in [0.4, 0.5) is 0 Å². The first-order valence-corrected chi connectivity index (χ1v) is 8.00. The van der Waals surface area contributed by atoms with Gasteiger partial charge in [0.15, 0.2) is 0 Å². The average Bonchev–Trinajstić information content (AvgIpc) is 2.72. The van der Waals surface area contributed by atoms with Crippen molar-refractivity contribution in [2.45, 2.75) is 13.0 Å². The molecule has 1 aromatic heterocycles. The number of likely N-dealkylation sites (N-methyl/N-ethyl adjacent to an activating group) is 1. The van der Waals surface area contributed by atoms with E-state index in [0.29, 0.717) is 4.88 Å². The van der Waals surface area contributed by atoms with Gasteiger partial charge in [0.1, 0.15) is 11.5 Å². The Bertz CT molecular complexity index is 723. The zero-order valence-corrected chi connectivity index (χ0v) is 13.4. The van der Waals surface area contributed by atoms with Crippen molar-refractivity contribution in [1.82, 2.24) is 4.90 Å². The highest BCUT2D eigenvalue weighted by molar-refractivity contribution is 7.21. The molecule has 1 aromatic carbocycles. The van der Waals surface area contributed by atoms with Crippen molar-refractivity contribution in [2.75, 3.05) is 20.2 Å². The van der Waals surface area contributed by atoms with Crippen molar-refractivity contribution < 1.29 is 9.53 Å². The first kappa shape index (κ1) is 14.6. The molecule has 3 nitrogen and oxygen atoms in total. The topological polar surface area (TPSA) is 29.5 Å². The number of hydrogen-bond acceptors (Lipinski definition) is 4. The van der Waals surface area contributed by atoms with Crippen LogP contribution in [0, 0.1) is 0 Å². The molecule has 0 saturated heterocycles. The zero-order valence-electron chi connectivity index (χ0n) is 11.8. The van der Waals surface area contributed by atoms with E-state index < -0.39 is 0 Å². The van der Waals surface area contributed by atoms with Gasteiger partial charge < -0.3 is 9.64 Å². The smallest absolute Gasteiger partial charge is 0.348 e. The highest BCUT2D eigenvalue weighted by Crippen LogP contribution is 2.39. The van der Waals surface area contributed by atoms with E-state index in [4.69, 9.17) is 16.3 Å². The van der Waals surface area contributed by atoms with Crippen molar-refractivity contribution in [2.24, 2.45) is 0 Å². The van der Waals surface area contributed by atoms with Crippen molar-refractivity contribution >= 4 is 39.0 Å². The Morgan fingerprint density at radius 2 is 2.33 bits per heavy atom.